The van der Waals surface area contributed by atoms with E-state index in [0.717, 1.165) is 0 Å². The van der Waals surface area contributed by atoms with Crippen molar-refractivity contribution in [1.29, 1.82) is 0 Å². The van der Waals surface area contributed by atoms with E-state index in [0.29, 0.717) is 32.8 Å². The number of carbonyl (C=O) groups is 2. The average molecular weight is 334 g/mol. The van der Waals surface area contributed by atoms with E-state index < -0.39 is 11.9 Å². The predicted molar refractivity (Wildman–Crippen MR) is 77.9 cm³/mol. The Morgan fingerprint density at radius 2 is 1.32 bits per heavy atom. The second kappa shape index (κ2) is 25.5. The second-order valence-corrected chi connectivity index (χ2v) is 3.69. The van der Waals surface area contributed by atoms with Gasteiger partial charge in [-0.3, -0.25) is 4.79 Å². The third-order valence-corrected chi connectivity index (χ3v) is 2.05. The standard InChI is InChI=1S/C6H10O3.2C4H9O2.Al/c1-3-5(4(2)7)6(8)9;2*1-2-6-4-3-5;/h5H,3H2,1-2H3,(H,8,9);2*2-4H2,1H3;/q;2*-1;+3/p-1. The van der Waals surface area contributed by atoms with E-state index in [1.54, 1.807) is 6.92 Å². The summed E-state index contributed by atoms with van der Waals surface area (Å²) >= 11 is 0. The van der Waals surface area contributed by atoms with Crippen molar-refractivity contribution in [3.8, 4) is 0 Å². The Morgan fingerprint density at radius 3 is 1.36 bits per heavy atom. The molecule has 8 heteroatoms. The number of aliphatic carboxylic acids is 1. The van der Waals surface area contributed by atoms with Gasteiger partial charge in [0.25, 0.3) is 0 Å². The zero-order chi connectivity index (χ0) is 17.1. The quantitative estimate of drug-likeness (QED) is 0.265. The molecule has 0 spiro atoms. The van der Waals surface area contributed by atoms with Crippen LogP contribution in [0.15, 0.2) is 0 Å². The summed E-state index contributed by atoms with van der Waals surface area (Å²) in [6.07, 6.45) is 0.317. The minimum atomic E-state index is -1.27. The monoisotopic (exact) mass is 334 g/mol. The Kier molecular flexibility index (Phi) is 34.2. The van der Waals surface area contributed by atoms with Gasteiger partial charge in [0.05, 0.1) is 11.9 Å². The van der Waals surface area contributed by atoms with Gasteiger partial charge in [-0.2, -0.15) is 0 Å². The van der Waals surface area contributed by atoms with Crippen LogP contribution in [0.25, 0.3) is 0 Å². The molecule has 1 unspecified atom stereocenters. The summed E-state index contributed by atoms with van der Waals surface area (Å²) in [5.74, 6) is -2.52. The van der Waals surface area contributed by atoms with Crippen molar-refractivity contribution in [3.63, 3.8) is 0 Å². The molecule has 0 aliphatic heterocycles. The van der Waals surface area contributed by atoms with Gasteiger partial charge in [0.15, 0.2) is 0 Å². The van der Waals surface area contributed by atoms with E-state index in [1.165, 1.54) is 6.92 Å². The van der Waals surface area contributed by atoms with Gasteiger partial charge in [-0.1, -0.05) is 6.92 Å². The molecule has 0 aromatic rings. The average Bonchev–Trinajstić information content (AvgIpc) is 2.44. The fourth-order valence-electron chi connectivity index (χ4n) is 1.03. The number of Topliss-reactive ketones (excluding diaryl/α,β-unsaturated/α-hetero) is 1. The van der Waals surface area contributed by atoms with Crippen LogP contribution in [-0.2, 0) is 19.1 Å². The van der Waals surface area contributed by atoms with Crippen LogP contribution in [0.5, 0.6) is 0 Å². The third kappa shape index (κ3) is 27.8. The molecule has 0 amide bonds. The molecular formula is C14H27AlO7. The van der Waals surface area contributed by atoms with Gasteiger partial charge in [0, 0.05) is 26.4 Å². The number of rotatable bonds is 9. The third-order valence-electron chi connectivity index (χ3n) is 2.05. The molecule has 7 nitrogen and oxygen atoms in total. The second-order valence-electron chi connectivity index (χ2n) is 3.69. The van der Waals surface area contributed by atoms with E-state index in [1.807, 2.05) is 13.8 Å². The molecule has 0 heterocycles. The minimum Gasteiger partial charge on any atom is -0.853 e. The molecule has 0 aromatic carbocycles. The van der Waals surface area contributed by atoms with Crippen molar-refractivity contribution < 1.29 is 34.4 Å². The van der Waals surface area contributed by atoms with E-state index >= 15 is 0 Å². The molecule has 22 heavy (non-hydrogen) atoms. The zero-order valence-corrected chi connectivity index (χ0v) is 15.1. The Bertz CT molecular complexity index is 207. The number of carbonyl (C=O) groups excluding carboxylic acids is 2. The predicted octanol–water partition coefficient (Wildman–Crippen LogP) is -2.26. The fraction of sp³-hybridized carbons (Fsp3) is 0.857. The van der Waals surface area contributed by atoms with Gasteiger partial charge in [-0.15, -0.1) is 13.2 Å². The first-order chi connectivity index (χ1) is 9.92. The number of carboxylic acid groups (broad SMARTS) is 1. The van der Waals surface area contributed by atoms with Crippen LogP contribution in [0.4, 0.5) is 0 Å². The van der Waals surface area contributed by atoms with Crippen molar-refractivity contribution in [2.24, 2.45) is 5.92 Å². The van der Waals surface area contributed by atoms with Crippen LogP contribution in [0, 0.1) is 5.92 Å². The Morgan fingerprint density at radius 1 is 0.955 bits per heavy atom. The Hall–Kier alpha value is -0.488. The summed E-state index contributed by atoms with van der Waals surface area (Å²) in [5, 5.41) is 29.2. The van der Waals surface area contributed by atoms with Gasteiger partial charge in [-0.05, 0) is 27.2 Å². The number of hydrogen-bond acceptors (Lipinski definition) is 7. The van der Waals surface area contributed by atoms with Crippen LogP contribution in [0.3, 0.4) is 0 Å². The first-order valence-electron chi connectivity index (χ1n) is 6.95. The van der Waals surface area contributed by atoms with E-state index in [2.05, 4.69) is 9.47 Å². The van der Waals surface area contributed by atoms with Gasteiger partial charge >= 0.3 is 17.4 Å². The maximum atomic E-state index is 10.4. The Balaban J connectivity index is -0.000000112. The molecule has 0 rings (SSSR count). The summed E-state index contributed by atoms with van der Waals surface area (Å²) < 4.78 is 9.34. The zero-order valence-electron chi connectivity index (χ0n) is 14.0. The summed E-state index contributed by atoms with van der Waals surface area (Å²) in [4.78, 5) is 20.4. The summed E-state index contributed by atoms with van der Waals surface area (Å²) in [7, 11) is 0. The maximum absolute atomic E-state index is 10.4. The molecule has 1 atom stereocenters. The molecule has 128 valence electrons. The largest absolute Gasteiger partial charge is 3.00 e. The van der Waals surface area contributed by atoms with E-state index in [-0.39, 0.29) is 36.4 Å². The molecule has 0 radical (unpaired) electrons. The van der Waals surface area contributed by atoms with Crippen molar-refractivity contribution >= 4 is 29.1 Å². The number of ether oxygens (including phenoxy) is 2. The van der Waals surface area contributed by atoms with Gasteiger partial charge in [-0.25, -0.2) is 0 Å². The van der Waals surface area contributed by atoms with Crippen LogP contribution < -0.4 is 15.3 Å². The van der Waals surface area contributed by atoms with E-state index in [9.17, 15) is 24.9 Å². The fourth-order valence-corrected chi connectivity index (χ4v) is 1.03. The van der Waals surface area contributed by atoms with Crippen LogP contribution in [0.1, 0.15) is 34.1 Å². The van der Waals surface area contributed by atoms with E-state index in [4.69, 9.17) is 0 Å². The molecule has 0 aromatic heterocycles. The normalized spacial score (nSPS) is 10.1. The smallest absolute Gasteiger partial charge is 0.853 e. The molecule has 0 saturated carbocycles. The SMILES string of the molecule is CCC(C(C)=O)C(=O)[O-].CCOCC[O-].CCOCC[O-].[Al+3]. The minimum absolute atomic E-state index is 0. The van der Waals surface area contributed by atoms with Gasteiger partial charge in [0.2, 0.25) is 0 Å². The number of hydrogen-bond donors (Lipinski definition) is 0. The molecule has 0 bridgehead atoms. The van der Waals surface area contributed by atoms with Crippen LogP contribution in [0.2, 0.25) is 0 Å². The summed E-state index contributed by atoms with van der Waals surface area (Å²) in [5.41, 5.74) is 0. The molecular weight excluding hydrogens is 307 g/mol. The first-order valence-corrected chi connectivity index (χ1v) is 6.95. The molecule has 0 aliphatic carbocycles. The topological polar surface area (TPSA) is 122 Å². The molecule has 0 aliphatic rings. The first kappa shape index (κ1) is 29.5. The van der Waals surface area contributed by atoms with Crippen molar-refractivity contribution in [1.82, 2.24) is 0 Å². The van der Waals surface area contributed by atoms with Crippen molar-refractivity contribution in [2.45, 2.75) is 34.1 Å². The van der Waals surface area contributed by atoms with Crippen LogP contribution >= 0.6 is 0 Å². The number of carboxylic acids is 1. The van der Waals surface area contributed by atoms with Gasteiger partial charge < -0.3 is 29.6 Å². The van der Waals surface area contributed by atoms with Crippen molar-refractivity contribution in [2.75, 3.05) is 39.6 Å². The van der Waals surface area contributed by atoms with Crippen LogP contribution in [-0.4, -0.2) is 68.8 Å². The maximum Gasteiger partial charge on any atom is 3.00 e. The van der Waals surface area contributed by atoms with Gasteiger partial charge in [0.1, 0.15) is 5.78 Å². The number of ketones is 1. The Labute approximate surface area is 143 Å². The summed E-state index contributed by atoms with van der Waals surface area (Å²) in [6, 6.07) is 0. The molecule has 0 N–H and O–H groups in total. The molecule has 0 saturated heterocycles. The molecule has 0 fully saturated rings. The van der Waals surface area contributed by atoms with Crippen molar-refractivity contribution in [3.05, 3.63) is 0 Å². The summed E-state index contributed by atoms with van der Waals surface area (Å²) in [6.45, 7) is 8.43.